The maximum Gasteiger partial charge on any atom is 0.416 e. The van der Waals surface area contributed by atoms with Crippen LogP contribution in [-0.4, -0.2) is 4.99 Å². The Hall–Kier alpha value is -1.10. The summed E-state index contributed by atoms with van der Waals surface area (Å²) >= 11 is 4.76. The molecule has 0 fully saturated rings. The van der Waals surface area contributed by atoms with E-state index in [0.29, 0.717) is 5.56 Å². The van der Waals surface area contributed by atoms with Crippen LogP contribution < -0.4 is 5.73 Å². The SMILES string of the molecule is CC(C(N)=S)c1ccc(C(F)(F)F)cc1. The molecule has 0 heterocycles. The molecule has 1 unspecified atom stereocenters. The van der Waals surface area contributed by atoms with E-state index in [2.05, 4.69) is 0 Å². The van der Waals surface area contributed by atoms with Gasteiger partial charge >= 0.3 is 6.18 Å². The second-order valence-corrected chi connectivity index (χ2v) is 3.72. The van der Waals surface area contributed by atoms with Gasteiger partial charge in [0.2, 0.25) is 0 Å². The van der Waals surface area contributed by atoms with Crippen LogP contribution in [0.1, 0.15) is 24.0 Å². The molecule has 0 radical (unpaired) electrons. The number of hydrogen-bond donors (Lipinski definition) is 1. The lowest BCUT2D eigenvalue weighted by Crippen LogP contribution is -2.16. The molecule has 1 atom stereocenters. The van der Waals surface area contributed by atoms with E-state index in [1.165, 1.54) is 12.1 Å². The maximum absolute atomic E-state index is 12.2. The molecule has 0 amide bonds. The first-order valence-corrected chi connectivity index (χ1v) is 4.69. The number of alkyl halides is 3. The Balaban J connectivity index is 2.95. The number of thiocarbonyl (C=S) groups is 1. The number of benzene rings is 1. The zero-order valence-electron chi connectivity index (χ0n) is 8.01. The van der Waals surface area contributed by atoms with E-state index >= 15 is 0 Å². The van der Waals surface area contributed by atoms with Gasteiger partial charge in [0.15, 0.2) is 0 Å². The molecule has 1 aromatic carbocycles. The van der Waals surface area contributed by atoms with E-state index in [-0.39, 0.29) is 10.9 Å². The van der Waals surface area contributed by atoms with E-state index in [0.717, 1.165) is 12.1 Å². The van der Waals surface area contributed by atoms with Crippen molar-refractivity contribution in [1.29, 1.82) is 0 Å². The van der Waals surface area contributed by atoms with Crippen LogP contribution >= 0.6 is 12.2 Å². The Morgan fingerprint density at radius 2 is 1.73 bits per heavy atom. The van der Waals surface area contributed by atoms with Crippen molar-refractivity contribution in [2.45, 2.75) is 19.0 Å². The summed E-state index contributed by atoms with van der Waals surface area (Å²) in [4.78, 5) is 0.273. The first-order chi connectivity index (χ1) is 6.82. The molecule has 2 N–H and O–H groups in total. The topological polar surface area (TPSA) is 26.0 Å². The van der Waals surface area contributed by atoms with Crippen LogP contribution in [-0.2, 0) is 6.18 Å². The van der Waals surface area contributed by atoms with Gasteiger partial charge in [0.1, 0.15) is 0 Å². The average Bonchev–Trinajstić information content (AvgIpc) is 2.15. The molecule has 1 aromatic rings. The fraction of sp³-hybridized carbons (Fsp3) is 0.300. The monoisotopic (exact) mass is 233 g/mol. The van der Waals surface area contributed by atoms with Crippen molar-refractivity contribution in [1.82, 2.24) is 0 Å². The minimum Gasteiger partial charge on any atom is -0.393 e. The van der Waals surface area contributed by atoms with Gasteiger partial charge in [-0.2, -0.15) is 13.2 Å². The van der Waals surface area contributed by atoms with Crippen molar-refractivity contribution >= 4 is 17.2 Å². The number of nitrogens with two attached hydrogens (primary N) is 1. The summed E-state index contributed by atoms with van der Waals surface area (Å²) in [5.74, 6) is -0.206. The Morgan fingerprint density at radius 3 is 2.07 bits per heavy atom. The summed E-state index contributed by atoms with van der Waals surface area (Å²) in [6.45, 7) is 1.75. The van der Waals surface area contributed by atoms with Gasteiger partial charge in [-0.05, 0) is 17.7 Å². The van der Waals surface area contributed by atoms with Crippen molar-refractivity contribution in [3.63, 3.8) is 0 Å². The molecule has 5 heteroatoms. The lowest BCUT2D eigenvalue weighted by molar-refractivity contribution is -0.137. The number of rotatable bonds is 2. The lowest BCUT2D eigenvalue weighted by Gasteiger charge is -2.11. The molecular weight excluding hydrogens is 223 g/mol. The first kappa shape index (κ1) is 12.0. The third kappa shape index (κ3) is 2.92. The zero-order chi connectivity index (χ0) is 11.6. The lowest BCUT2D eigenvalue weighted by atomic mass is 10.00. The average molecular weight is 233 g/mol. The van der Waals surface area contributed by atoms with Crippen LogP contribution in [0, 0.1) is 0 Å². The fourth-order valence-electron chi connectivity index (χ4n) is 1.13. The number of hydrogen-bond acceptors (Lipinski definition) is 1. The summed E-state index contributed by atoms with van der Waals surface area (Å²) in [7, 11) is 0. The van der Waals surface area contributed by atoms with E-state index in [4.69, 9.17) is 18.0 Å². The standard InChI is InChI=1S/C10H10F3NS/c1-6(9(14)15)7-2-4-8(5-3-7)10(11,12)13/h2-6H,1H3,(H2,14,15). The predicted molar refractivity (Wildman–Crippen MR) is 56.6 cm³/mol. The molecule has 1 rings (SSSR count). The Morgan fingerprint density at radius 1 is 1.27 bits per heavy atom. The third-order valence-electron chi connectivity index (χ3n) is 2.16. The summed E-state index contributed by atoms with van der Waals surface area (Å²) in [5, 5.41) is 0. The summed E-state index contributed by atoms with van der Waals surface area (Å²) < 4.78 is 36.7. The summed E-state index contributed by atoms with van der Waals surface area (Å²) in [5.41, 5.74) is 5.43. The largest absolute Gasteiger partial charge is 0.416 e. The van der Waals surface area contributed by atoms with Crippen molar-refractivity contribution in [2.24, 2.45) is 5.73 Å². The van der Waals surface area contributed by atoms with Crippen molar-refractivity contribution in [2.75, 3.05) is 0 Å². The van der Waals surface area contributed by atoms with Crippen LogP contribution in [0.2, 0.25) is 0 Å². The Kier molecular flexibility index (Phi) is 3.34. The molecule has 0 spiro atoms. The van der Waals surface area contributed by atoms with Gasteiger partial charge in [-0.3, -0.25) is 0 Å². The highest BCUT2D eigenvalue weighted by atomic mass is 32.1. The van der Waals surface area contributed by atoms with E-state index < -0.39 is 11.7 Å². The van der Waals surface area contributed by atoms with E-state index in [1.54, 1.807) is 6.92 Å². The minimum absolute atomic E-state index is 0.206. The smallest absolute Gasteiger partial charge is 0.393 e. The molecule has 0 aliphatic rings. The summed E-state index contributed by atoms with van der Waals surface area (Å²) in [6.07, 6.45) is -4.30. The third-order valence-corrected chi connectivity index (χ3v) is 2.52. The van der Waals surface area contributed by atoms with Gasteiger partial charge in [-0.25, -0.2) is 0 Å². The predicted octanol–water partition coefficient (Wildman–Crippen LogP) is 3.10. The molecule has 0 aromatic heterocycles. The van der Waals surface area contributed by atoms with Crippen LogP contribution in [0.15, 0.2) is 24.3 Å². The van der Waals surface area contributed by atoms with E-state index in [9.17, 15) is 13.2 Å². The first-order valence-electron chi connectivity index (χ1n) is 4.29. The van der Waals surface area contributed by atoms with Crippen molar-refractivity contribution in [3.8, 4) is 0 Å². The minimum atomic E-state index is -4.30. The molecule has 0 bridgehead atoms. The van der Waals surface area contributed by atoms with Crippen molar-refractivity contribution < 1.29 is 13.2 Å². The van der Waals surface area contributed by atoms with Gasteiger partial charge in [-0.15, -0.1) is 0 Å². The molecule has 82 valence electrons. The Bertz CT molecular complexity index is 356. The molecule has 1 nitrogen and oxygen atoms in total. The summed E-state index contributed by atoms with van der Waals surface area (Å²) in [6, 6.07) is 4.85. The maximum atomic E-state index is 12.2. The normalized spacial score (nSPS) is 13.6. The number of halogens is 3. The highest BCUT2D eigenvalue weighted by Crippen LogP contribution is 2.30. The van der Waals surface area contributed by atoms with Gasteiger partial charge in [0, 0.05) is 5.92 Å². The molecule has 0 saturated carbocycles. The highest BCUT2D eigenvalue weighted by molar-refractivity contribution is 7.80. The van der Waals surface area contributed by atoms with Crippen LogP contribution in [0.4, 0.5) is 13.2 Å². The fourth-order valence-corrected chi connectivity index (χ4v) is 1.26. The second kappa shape index (κ2) is 4.18. The van der Waals surface area contributed by atoms with Gasteiger partial charge in [-0.1, -0.05) is 31.3 Å². The van der Waals surface area contributed by atoms with Crippen LogP contribution in [0.3, 0.4) is 0 Å². The van der Waals surface area contributed by atoms with Gasteiger partial charge < -0.3 is 5.73 Å². The molecule has 15 heavy (non-hydrogen) atoms. The zero-order valence-corrected chi connectivity index (χ0v) is 8.82. The van der Waals surface area contributed by atoms with Crippen molar-refractivity contribution in [3.05, 3.63) is 35.4 Å². The highest BCUT2D eigenvalue weighted by Gasteiger charge is 2.30. The van der Waals surface area contributed by atoms with E-state index in [1.807, 2.05) is 0 Å². The molecule has 0 aliphatic heterocycles. The second-order valence-electron chi connectivity index (χ2n) is 3.24. The quantitative estimate of drug-likeness (QED) is 0.794. The van der Waals surface area contributed by atoms with Gasteiger partial charge in [0.05, 0.1) is 10.6 Å². The Labute approximate surface area is 91.1 Å². The van der Waals surface area contributed by atoms with Crippen LogP contribution in [0.5, 0.6) is 0 Å². The molecule has 0 aliphatic carbocycles. The van der Waals surface area contributed by atoms with Crippen LogP contribution in [0.25, 0.3) is 0 Å². The molecule has 0 saturated heterocycles. The molecular formula is C10H10F3NS. The van der Waals surface area contributed by atoms with Gasteiger partial charge in [0.25, 0.3) is 0 Å².